The number of nitrogen functional groups attached to an aromatic ring is 1. The minimum atomic E-state index is -5.08. The van der Waals surface area contributed by atoms with Crippen LogP contribution in [0.25, 0.3) is 10.9 Å². The maximum absolute atomic E-state index is 10.6. The Bertz CT molecular complexity index is 1500. The molecule has 1 aliphatic rings. The Balaban J connectivity index is 0.000000470. The number of carboxylic acid groups (broad SMARTS) is 1. The summed E-state index contributed by atoms with van der Waals surface area (Å²) in [6.45, 7) is 2.04. The van der Waals surface area contributed by atoms with Crippen molar-refractivity contribution in [1.82, 2.24) is 24.7 Å². The zero-order chi connectivity index (χ0) is 29.2. The van der Waals surface area contributed by atoms with Crippen molar-refractivity contribution < 1.29 is 27.5 Å². The summed E-state index contributed by atoms with van der Waals surface area (Å²) in [5.74, 6) is -0.241. The maximum atomic E-state index is 10.6. The molecule has 4 heterocycles. The van der Waals surface area contributed by atoms with Crippen LogP contribution in [-0.2, 0) is 18.4 Å². The Morgan fingerprint density at radius 1 is 1.32 bits per heavy atom. The molecule has 11 nitrogen and oxygen atoms in total. The van der Waals surface area contributed by atoms with Gasteiger partial charge in [-0.05, 0) is 40.9 Å². The zero-order valence-electron chi connectivity index (χ0n) is 20.7. The Morgan fingerprint density at radius 3 is 2.65 bits per heavy atom. The van der Waals surface area contributed by atoms with Crippen molar-refractivity contribution in [2.24, 2.45) is 7.05 Å². The number of aliphatic carboxylic acids is 1. The molecule has 1 fully saturated rings. The van der Waals surface area contributed by atoms with Gasteiger partial charge in [0.15, 0.2) is 5.82 Å². The van der Waals surface area contributed by atoms with Crippen molar-refractivity contribution in [2.75, 3.05) is 29.0 Å². The second kappa shape index (κ2) is 12.1. The average molecular weight is 666 g/mol. The molecule has 0 bridgehead atoms. The number of aryl methyl sites for hydroxylation is 1. The highest BCUT2D eigenvalue weighted by Gasteiger charge is 2.38. The number of hydrogen-bond donors (Lipinski definition) is 3. The Morgan fingerprint density at radius 2 is 2.05 bits per heavy atom. The number of nitrogens with one attached hydrogen (secondary N) is 1. The van der Waals surface area contributed by atoms with E-state index < -0.39 is 12.1 Å². The number of anilines is 3. The number of benzene rings is 1. The minimum Gasteiger partial charge on any atom is -0.475 e. The number of halogens is 6. The predicted octanol–water partition coefficient (Wildman–Crippen LogP) is 5.63. The van der Waals surface area contributed by atoms with Gasteiger partial charge < -0.3 is 25.5 Å². The van der Waals surface area contributed by atoms with Crippen LogP contribution in [0.1, 0.15) is 30.1 Å². The molecule has 0 aliphatic carbocycles. The molecule has 0 spiro atoms. The second-order valence-electron chi connectivity index (χ2n) is 8.78. The van der Waals surface area contributed by atoms with Crippen LogP contribution in [0.15, 0.2) is 33.5 Å². The van der Waals surface area contributed by atoms with Gasteiger partial charge in [-0.3, -0.25) is 0 Å². The van der Waals surface area contributed by atoms with E-state index in [1.54, 1.807) is 24.3 Å². The Hall–Kier alpha value is -3.30. The number of furan rings is 1. The molecular formula is C23H22BrCl2F3N8O3. The predicted molar refractivity (Wildman–Crippen MR) is 147 cm³/mol. The topological polar surface area (TPSA) is 148 Å². The average Bonchev–Trinajstić information content (AvgIpc) is 3.55. The van der Waals surface area contributed by atoms with Gasteiger partial charge in [-0.1, -0.05) is 23.2 Å². The highest BCUT2D eigenvalue weighted by atomic mass is 79.9. The largest absolute Gasteiger partial charge is 0.490 e. The van der Waals surface area contributed by atoms with Gasteiger partial charge in [0.1, 0.15) is 5.82 Å². The van der Waals surface area contributed by atoms with Crippen LogP contribution in [0.3, 0.4) is 0 Å². The number of fused-ring (bicyclic) bond motifs is 1. The van der Waals surface area contributed by atoms with Crippen molar-refractivity contribution in [2.45, 2.75) is 31.5 Å². The van der Waals surface area contributed by atoms with Crippen LogP contribution >= 0.6 is 39.1 Å². The maximum Gasteiger partial charge on any atom is 0.490 e. The fraction of sp³-hybridized carbons (Fsp3) is 0.348. The summed E-state index contributed by atoms with van der Waals surface area (Å²) in [6.07, 6.45) is 0.174. The molecule has 214 valence electrons. The number of nitrogens with two attached hydrogens (primary N) is 1. The molecule has 0 radical (unpaired) electrons. The van der Waals surface area contributed by atoms with Crippen molar-refractivity contribution in [3.8, 4) is 0 Å². The Kier molecular flexibility index (Phi) is 8.95. The van der Waals surface area contributed by atoms with Gasteiger partial charge in [-0.15, -0.1) is 0 Å². The molecule has 4 aromatic rings. The molecule has 1 aromatic carbocycles. The van der Waals surface area contributed by atoms with Crippen LogP contribution in [0.4, 0.5) is 30.9 Å². The van der Waals surface area contributed by atoms with Crippen LogP contribution < -0.4 is 16.0 Å². The van der Waals surface area contributed by atoms with Gasteiger partial charge in [-0.2, -0.15) is 28.2 Å². The number of alkyl halides is 3. The molecule has 3 aromatic heterocycles. The third kappa shape index (κ3) is 6.70. The van der Waals surface area contributed by atoms with Gasteiger partial charge in [-0.25, -0.2) is 14.5 Å². The minimum absolute atomic E-state index is 0.135. The summed E-state index contributed by atoms with van der Waals surface area (Å²) in [4.78, 5) is 25.1. The fourth-order valence-corrected chi connectivity index (χ4v) is 4.78. The number of carbonyl (C=O) groups is 1. The zero-order valence-corrected chi connectivity index (χ0v) is 23.8. The van der Waals surface area contributed by atoms with Gasteiger partial charge in [0.05, 0.1) is 32.6 Å². The van der Waals surface area contributed by atoms with E-state index in [9.17, 15) is 13.2 Å². The lowest BCUT2D eigenvalue weighted by Gasteiger charge is -2.32. The number of hydrogen-bond acceptors (Lipinski definition) is 9. The van der Waals surface area contributed by atoms with E-state index >= 15 is 0 Å². The first kappa shape index (κ1) is 29.7. The molecule has 17 heteroatoms. The lowest BCUT2D eigenvalue weighted by atomic mass is 9.98. The van der Waals surface area contributed by atoms with Crippen molar-refractivity contribution in [1.29, 1.82) is 0 Å². The smallest absolute Gasteiger partial charge is 0.475 e. The molecule has 4 N–H and O–H groups in total. The normalized spacial score (nSPS) is 15.6. The number of nitrogens with zero attached hydrogens (tertiary/aromatic N) is 6. The van der Waals surface area contributed by atoms with E-state index in [0.29, 0.717) is 50.8 Å². The first-order valence-electron chi connectivity index (χ1n) is 11.7. The molecule has 0 amide bonds. The van der Waals surface area contributed by atoms with Crippen LogP contribution in [-0.4, -0.2) is 55.1 Å². The number of carboxylic acids is 1. The van der Waals surface area contributed by atoms with Crippen LogP contribution in [0, 0.1) is 0 Å². The SMILES string of the molecule is Cn1nc(C2CCCN(c3nc(NCc4ccoc4)c4cc(Cl)c(Br)c(Cl)c4n3)C2)nc1N.O=C(O)C(F)(F)F. The molecule has 1 unspecified atom stereocenters. The van der Waals surface area contributed by atoms with Crippen LogP contribution in [0.5, 0.6) is 0 Å². The molecule has 1 atom stereocenters. The summed E-state index contributed by atoms with van der Waals surface area (Å²) in [6, 6.07) is 3.71. The number of piperidine rings is 1. The summed E-state index contributed by atoms with van der Waals surface area (Å²) < 4.78 is 39.1. The van der Waals surface area contributed by atoms with Gasteiger partial charge in [0.2, 0.25) is 11.9 Å². The van der Waals surface area contributed by atoms with Gasteiger partial charge in [0.25, 0.3) is 0 Å². The van der Waals surface area contributed by atoms with Crippen LogP contribution in [0.2, 0.25) is 10.0 Å². The van der Waals surface area contributed by atoms with E-state index in [2.05, 4.69) is 36.2 Å². The summed E-state index contributed by atoms with van der Waals surface area (Å²) in [5.41, 5.74) is 7.51. The highest BCUT2D eigenvalue weighted by molar-refractivity contribution is 9.10. The second-order valence-corrected chi connectivity index (χ2v) is 10.4. The standard InChI is InChI=1S/C21H21BrCl2N8O.C2HF3O2/c1-31-20(25)28-18(30-31)12-3-2-5-32(9-12)21-27-17-13(7-14(23)15(22)16(17)24)19(29-21)26-8-11-4-6-33-10-11;3-2(4,5)1(6)7/h4,6-7,10,12H,2-3,5,8-9H2,1H3,(H2,25,28,30)(H,26,27,29);(H,6,7). The quantitative estimate of drug-likeness (QED) is 0.229. The number of rotatable bonds is 5. The fourth-order valence-electron chi connectivity index (χ4n) is 3.98. The summed E-state index contributed by atoms with van der Waals surface area (Å²) in [7, 11) is 1.79. The van der Waals surface area contributed by atoms with Crippen molar-refractivity contribution >= 4 is 73.7 Å². The van der Waals surface area contributed by atoms with Crippen molar-refractivity contribution in [3.05, 3.63) is 50.6 Å². The lowest BCUT2D eigenvalue weighted by molar-refractivity contribution is -0.192. The van der Waals surface area contributed by atoms with Gasteiger partial charge >= 0.3 is 12.1 Å². The van der Waals surface area contributed by atoms with E-state index in [0.717, 1.165) is 36.2 Å². The first-order valence-corrected chi connectivity index (χ1v) is 13.2. The van der Waals surface area contributed by atoms with Gasteiger partial charge in [0, 0.05) is 43.5 Å². The van der Waals surface area contributed by atoms with E-state index in [1.807, 2.05) is 12.1 Å². The molecule has 1 saturated heterocycles. The molecular weight excluding hydrogens is 644 g/mol. The molecule has 0 saturated carbocycles. The van der Waals surface area contributed by atoms with E-state index in [-0.39, 0.29) is 5.92 Å². The Labute approximate surface area is 243 Å². The van der Waals surface area contributed by atoms with E-state index in [4.69, 9.17) is 53.2 Å². The molecule has 40 heavy (non-hydrogen) atoms. The van der Waals surface area contributed by atoms with Crippen molar-refractivity contribution in [3.63, 3.8) is 0 Å². The molecule has 1 aliphatic heterocycles. The number of aromatic nitrogens is 5. The molecule has 5 rings (SSSR count). The summed E-state index contributed by atoms with van der Waals surface area (Å²) >= 11 is 16.5. The summed E-state index contributed by atoms with van der Waals surface area (Å²) in [5, 5.41) is 16.7. The monoisotopic (exact) mass is 664 g/mol. The third-order valence-corrected chi connectivity index (χ3v) is 7.93. The first-order chi connectivity index (χ1) is 18.8. The third-order valence-electron chi connectivity index (χ3n) is 5.98. The highest BCUT2D eigenvalue weighted by Crippen LogP contribution is 2.39. The van der Waals surface area contributed by atoms with E-state index in [1.165, 1.54) is 0 Å². The lowest BCUT2D eigenvalue weighted by Crippen LogP contribution is -2.36.